The highest BCUT2D eigenvalue weighted by atomic mass is 79.9. The fourth-order valence-electron chi connectivity index (χ4n) is 1.33. The van der Waals surface area contributed by atoms with Crippen LogP contribution in [0, 0.1) is 0 Å². The number of halogens is 1. The molecule has 18 heavy (non-hydrogen) atoms. The number of primary amides is 1. The molecule has 0 radical (unpaired) electrons. The fourth-order valence-corrected chi connectivity index (χ4v) is 2.41. The molecule has 2 aromatic rings. The third kappa shape index (κ3) is 2.57. The van der Waals surface area contributed by atoms with Gasteiger partial charge in [-0.15, -0.1) is 11.3 Å². The maximum Gasteiger partial charge on any atom is 0.273 e. The van der Waals surface area contributed by atoms with Crippen LogP contribution in [-0.2, 0) is 4.79 Å². The van der Waals surface area contributed by atoms with Gasteiger partial charge in [0.1, 0.15) is 0 Å². The predicted octanol–water partition coefficient (Wildman–Crippen LogP) is 2.24. The Bertz CT molecular complexity index is 607. The summed E-state index contributed by atoms with van der Waals surface area (Å²) in [5.74, 6) is -0.811. The first kappa shape index (κ1) is 12.7. The van der Waals surface area contributed by atoms with Crippen molar-refractivity contribution >= 4 is 38.9 Å². The number of hydrogen-bond donors (Lipinski definition) is 2. The first-order chi connectivity index (χ1) is 8.61. The van der Waals surface area contributed by atoms with Gasteiger partial charge in [-0.25, -0.2) is 4.98 Å². The number of hydrogen-bond acceptors (Lipinski definition) is 5. The topological polar surface area (TPSA) is 88.6 Å². The third-order valence-electron chi connectivity index (χ3n) is 2.18. The molecule has 1 amide bonds. The molecule has 0 aliphatic heterocycles. The average molecular weight is 326 g/mol. The zero-order valence-electron chi connectivity index (χ0n) is 9.00. The molecular formula is C11H8BrN3O2S. The van der Waals surface area contributed by atoms with Crippen molar-refractivity contribution in [3.8, 4) is 11.3 Å². The Hall–Kier alpha value is -1.73. The van der Waals surface area contributed by atoms with E-state index < -0.39 is 5.91 Å². The van der Waals surface area contributed by atoms with Crippen LogP contribution in [0.4, 0.5) is 0 Å². The number of nitrogens with two attached hydrogens (primary N) is 1. The minimum Gasteiger partial charge on any atom is -0.410 e. The zero-order valence-corrected chi connectivity index (χ0v) is 11.4. The molecule has 1 aromatic heterocycles. The van der Waals surface area contributed by atoms with Crippen LogP contribution < -0.4 is 5.73 Å². The monoisotopic (exact) mass is 325 g/mol. The van der Waals surface area contributed by atoms with Gasteiger partial charge in [-0.1, -0.05) is 33.2 Å². The van der Waals surface area contributed by atoms with E-state index >= 15 is 0 Å². The Morgan fingerprint density at radius 1 is 1.39 bits per heavy atom. The first-order valence-corrected chi connectivity index (χ1v) is 6.53. The van der Waals surface area contributed by atoms with Gasteiger partial charge in [-0.2, -0.15) is 0 Å². The van der Waals surface area contributed by atoms with Gasteiger partial charge >= 0.3 is 0 Å². The van der Waals surface area contributed by atoms with Gasteiger partial charge in [0, 0.05) is 15.4 Å². The van der Waals surface area contributed by atoms with Gasteiger partial charge in [0.15, 0.2) is 5.01 Å². The Labute approximate surface area is 115 Å². The van der Waals surface area contributed by atoms with Gasteiger partial charge in [0.2, 0.25) is 5.71 Å². The van der Waals surface area contributed by atoms with E-state index in [9.17, 15) is 4.79 Å². The lowest BCUT2D eigenvalue weighted by Crippen LogP contribution is -2.24. The van der Waals surface area contributed by atoms with E-state index in [2.05, 4.69) is 26.1 Å². The predicted molar refractivity (Wildman–Crippen MR) is 72.8 cm³/mol. The number of thiazole rings is 1. The molecule has 5 nitrogen and oxygen atoms in total. The maximum atomic E-state index is 11.0. The second kappa shape index (κ2) is 5.28. The molecule has 0 aliphatic carbocycles. The second-order valence-electron chi connectivity index (χ2n) is 3.36. The smallest absolute Gasteiger partial charge is 0.273 e. The van der Waals surface area contributed by atoms with Crippen LogP contribution in [-0.4, -0.2) is 21.8 Å². The van der Waals surface area contributed by atoms with Crippen molar-refractivity contribution < 1.29 is 10.0 Å². The minimum absolute atomic E-state index is 0.233. The van der Waals surface area contributed by atoms with Crippen molar-refractivity contribution in [2.45, 2.75) is 0 Å². The number of carbonyl (C=O) groups is 1. The Morgan fingerprint density at radius 3 is 2.61 bits per heavy atom. The molecule has 1 aromatic carbocycles. The van der Waals surface area contributed by atoms with Crippen LogP contribution >= 0.6 is 27.3 Å². The number of nitrogens with zero attached hydrogens (tertiary/aromatic N) is 2. The van der Waals surface area contributed by atoms with Gasteiger partial charge in [-0.05, 0) is 12.1 Å². The van der Waals surface area contributed by atoms with Crippen molar-refractivity contribution in [3.63, 3.8) is 0 Å². The molecule has 92 valence electrons. The average Bonchev–Trinajstić information content (AvgIpc) is 2.80. The number of amides is 1. The van der Waals surface area contributed by atoms with Crippen molar-refractivity contribution in [1.82, 2.24) is 4.98 Å². The number of benzene rings is 1. The highest BCUT2D eigenvalue weighted by molar-refractivity contribution is 9.10. The molecule has 0 fully saturated rings. The maximum absolute atomic E-state index is 11.0. The summed E-state index contributed by atoms with van der Waals surface area (Å²) in [7, 11) is 0. The van der Waals surface area contributed by atoms with Crippen LogP contribution in [0.5, 0.6) is 0 Å². The molecule has 0 unspecified atom stereocenters. The van der Waals surface area contributed by atoms with E-state index in [0.29, 0.717) is 10.7 Å². The van der Waals surface area contributed by atoms with Crippen LogP contribution in [0.3, 0.4) is 0 Å². The minimum atomic E-state index is -0.811. The van der Waals surface area contributed by atoms with E-state index in [-0.39, 0.29) is 5.71 Å². The summed E-state index contributed by atoms with van der Waals surface area (Å²) in [5.41, 5.74) is 6.45. The van der Waals surface area contributed by atoms with Crippen LogP contribution in [0.25, 0.3) is 11.3 Å². The normalized spacial score (nSPS) is 11.5. The van der Waals surface area contributed by atoms with Crippen molar-refractivity contribution in [3.05, 3.63) is 39.1 Å². The summed E-state index contributed by atoms with van der Waals surface area (Å²) in [6.07, 6.45) is 0. The number of oxime groups is 1. The summed E-state index contributed by atoms with van der Waals surface area (Å²) < 4.78 is 0.969. The van der Waals surface area contributed by atoms with E-state index in [1.165, 1.54) is 11.3 Å². The first-order valence-electron chi connectivity index (χ1n) is 4.85. The Kier molecular flexibility index (Phi) is 3.73. The molecule has 3 N–H and O–H groups in total. The van der Waals surface area contributed by atoms with Gasteiger partial charge in [0.05, 0.1) is 5.69 Å². The molecule has 2 rings (SSSR count). The van der Waals surface area contributed by atoms with Gasteiger partial charge in [-0.3, -0.25) is 4.79 Å². The second-order valence-corrected chi connectivity index (χ2v) is 5.13. The lowest BCUT2D eigenvalue weighted by Gasteiger charge is -1.96. The van der Waals surface area contributed by atoms with Crippen LogP contribution in [0.15, 0.2) is 39.3 Å². The fraction of sp³-hybridized carbons (Fsp3) is 0. The lowest BCUT2D eigenvalue weighted by molar-refractivity contribution is -0.112. The zero-order chi connectivity index (χ0) is 13.1. The standard InChI is InChI=1S/C11H8BrN3O2S/c12-7-3-1-6(2-4-7)8-5-18-11(14-8)9(15-17)10(13)16/h1-5,17H,(H2,13,16)/b15-9+. The number of rotatable bonds is 3. The molecule has 0 bridgehead atoms. The largest absolute Gasteiger partial charge is 0.410 e. The summed E-state index contributed by atoms with van der Waals surface area (Å²) in [5, 5.41) is 13.6. The molecule has 0 atom stereocenters. The summed E-state index contributed by atoms with van der Waals surface area (Å²) in [4.78, 5) is 15.2. The highest BCUT2D eigenvalue weighted by Crippen LogP contribution is 2.23. The van der Waals surface area contributed by atoms with Crippen LogP contribution in [0.1, 0.15) is 5.01 Å². The molecule has 7 heteroatoms. The molecule has 0 spiro atoms. The van der Waals surface area contributed by atoms with E-state index in [4.69, 9.17) is 10.9 Å². The molecule has 0 saturated heterocycles. The highest BCUT2D eigenvalue weighted by Gasteiger charge is 2.16. The van der Waals surface area contributed by atoms with E-state index in [1.807, 2.05) is 24.3 Å². The van der Waals surface area contributed by atoms with Gasteiger partial charge < -0.3 is 10.9 Å². The Balaban J connectivity index is 2.36. The van der Waals surface area contributed by atoms with Crippen LogP contribution in [0.2, 0.25) is 0 Å². The Morgan fingerprint density at radius 2 is 2.06 bits per heavy atom. The summed E-state index contributed by atoms with van der Waals surface area (Å²) in [6, 6.07) is 7.57. The van der Waals surface area contributed by atoms with Crippen molar-refractivity contribution in [2.24, 2.45) is 10.9 Å². The van der Waals surface area contributed by atoms with Crippen molar-refractivity contribution in [2.75, 3.05) is 0 Å². The third-order valence-corrected chi connectivity index (χ3v) is 3.56. The molecular weight excluding hydrogens is 318 g/mol. The lowest BCUT2D eigenvalue weighted by atomic mass is 10.2. The number of aromatic nitrogens is 1. The SMILES string of the molecule is NC(=O)/C(=N\O)c1nc(-c2ccc(Br)cc2)cs1. The number of carbonyl (C=O) groups excluding carboxylic acids is 1. The molecule has 0 aliphatic rings. The quantitative estimate of drug-likeness (QED) is 0.515. The molecule has 1 heterocycles. The summed E-state index contributed by atoms with van der Waals surface area (Å²) >= 11 is 4.54. The van der Waals surface area contributed by atoms with Crippen molar-refractivity contribution in [1.29, 1.82) is 0 Å². The molecule has 0 saturated carbocycles. The van der Waals surface area contributed by atoms with E-state index in [0.717, 1.165) is 10.0 Å². The summed E-state index contributed by atoms with van der Waals surface area (Å²) in [6.45, 7) is 0. The van der Waals surface area contributed by atoms with E-state index in [1.54, 1.807) is 5.38 Å². The van der Waals surface area contributed by atoms with Gasteiger partial charge in [0.25, 0.3) is 5.91 Å².